The summed E-state index contributed by atoms with van der Waals surface area (Å²) in [5.74, 6) is 1.19. The van der Waals surface area contributed by atoms with Crippen molar-refractivity contribution in [1.29, 1.82) is 0 Å². The quantitative estimate of drug-likeness (QED) is 0.0819. The third kappa shape index (κ3) is 8.78. The van der Waals surface area contributed by atoms with Gasteiger partial charge in [-0.2, -0.15) is 0 Å². The first-order chi connectivity index (χ1) is 33.5. The highest BCUT2D eigenvalue weighted by Crippen LogP contribution is 2.40. The molecule has 1 unspecified atom stereocenters. The van der Waals surface area contributed by atoms with Crippen LogP contribution in [0.4, 0.5) is 9.59 Å². The molecule has 0 radical (unpaired) electrons. The van der Waals surface area contributed by atoms with Crippen molar-refractivity contribution in [2.75, 3.05) is 40.5 Å². The highest BCUT2D eigenvalue weighted by Gasteiger charge is 2.42. The molecule has 1 aliphatic carbocycles. The van der Waals surface area contributed by atoms with Gasteiger partial charge in [-0.05, 0) is 82.5 Å². The Bertz CT molecular complexity index is 3160. The lowest BCUT2D eigenvalue weighted by Crippen LogP contribution is -2.51. The van der Waals surface area contributed by atoms with E-state index in [4.69, 9.17) is 24.2 Å². The molecule has 2 fully saturated rings. The van der Waals surface area contributed by atoms with Crippen LogP contribution in [0.5, 0.6) is 0 Å². The number of H-pyrrole nitrogens is 2. The van der Waals surface area contributed by atoms with Gasteiger partial charge in [0.25, 0.3) is 5.91 Å². The number of amides is 4. The zero-order valence-corrected chi connectivity index (χ0v) is 39.2. The minimum Gasteiger partial charge on any atom is -0.453 e. The molecule has 4 heterocycles. The van der Waals surface area contributed by atoms with Crippen molar-refractivity contribution in [2.45, 2.75) is 57.3 Å². The number of fused-ring (bicyclic) bond motifs is 6. The average molecular weight is 929 g/mol. The number of ether oxygens (including phenoxy) is 3. The second-order valence-electron chi connectivity index (χ2n) is 18.8. The zero-order chi connectivity index (χ0) is 47.9. The van der Waals surface area contributed by atoms with Crippen LogP contribution in [-0.4, -0.2) is 100 Å². The number of aromatic nitrogens is 4. The second kappa shape index (κ2) is 18.9. The molecule has 2 aliphatic heterocycles. The first-order valence-corrected chi connectivity index (χ1v) is 23.6. The van der Waals surface area contributed by atoms with Gasteiger partial charge in [0.1, 0.15) is 29.8 Å². The summed E-state index contributed by atoms with van der Waals surface area (Å²) in [6, 6.07) is 27.6. The number of hydrogen-bond donors (Lipinski definition) is 4. The number of carbonyl (C=O) groups excluding carboxylic acids is 4. The molecule has 15 nitrogen and oxygen atoms in total. The fraction of sp³-hybridized carbons (Fsp3) is 0.333. The normalized spacial score (nSPS) is 19.9. The fourth-order valence-electron chi connectivity index (χ4n) is 10.2. The predicted molar refractivity (Wildman–Crippen MR) is 264 cm³/mol. The van der Waals surface area contributed by atoms with E-state index in [2.05, 4.69) is 87.9 Å². The van der Waals surface area contributed by atoms with Crippen LogP contribution in [0, 0.1) is 17.8 Å². The molecule has 69 heavy (non-hydrogen) atoms. The van der Waals surface area contributed by atoms with Crippen LogP contribution >= 0.6 is 0 Å². The van der Waals surface area contributed by atoms with Crippen LogP contribution in [0.3, 0.4) is 0 Å². The van der Waals surface area contributed by atoms with Gasteiger partial charge in [-0.1, -0.05) is 99.3 Å². The molecule has 0 spiro atoms. The van der Waals surface area contributed by atoms with E-state index in [1.165, 1.54) is 14.2 Å². The van der Waals surface area contributed by atoms with Gasteiger partial charge in [-0.15, -0.1) is 0 Å². The number of benzene rings is 5. The van der Waals surface area contributed by atoms with Crippen LogP contribution in [0.25, 0.3) is 54.7 Å². The fourth-order valence-corrected chi connectivity index (χ4v) is 10.2. The van der Waals surface area contributed by atoms with Crippen molar-refractivity contribution in [2.24, 2.45) is 17.8 Å². The van der Waals surface area contributed by atoms with E-state index in [9.17, 15) is 19.2 Å². The van der Waals surface area contributed by atoms with Crippen molar-refractivity contribution >= 4 is 67.6 Å². The summed E-state index contributed by atoms with van der Waals surface area (Å²) in [5.41, 5.74) is 6.93. The van der Waals surface area contributed by atoms with E-state index in [-0.39, 0.29) is 29.7 Å². The first kappa shape index (κ1) is 45.3. The number of imidazole rings is 2. The van der Waals surface area contributed by atoms with Crippen LogP contribution in [0.15, 0.2) is 115 Å². The molecular formula is C54H56N8O7. The molecule has 5 aromatic carbocycles. The Morgan fingerprint density at radius 2 is 1.39 bits per heavy atom. The number of aromatic amines is 2. The minimum atomic E-state index is -0.954. The number of rotatable bonds is 13. The summed E-state index contributed by atoms with van der Waals surface area (Å²) in [6.45, 7) is 10.2. The van der Waals surface area contributed by atoms with Crippen molar-refractivity contribution < 1.29 is 33.4 Å². The molecule has 0 saturated carbocycles. The van der Waals surface area contributed by atoms with Gasteiger partial charge in [0, 0.05) is 35.7 Å². The van der Waals surface area contributed by atoms with E-state index in [1.807, 2.05) is 61.2 Å². The largest absolute Gasteiger partial charge is 0.453 e. The molecule has 3 aliphatic rings. The molecule has 15 heteroatoms. The Labute approximate surface area is 399 Å². The number of methoxy groups -OCH3 is 2. The zero-order valence-electron chi connectivity index (χ0n) is 39.2. The van der Waals surface area contributed by atoms with E-state index in [0.29, 0.717) is 62.3 Å². The maximum Gasteiger partial charge on any atom is 0.407 e. The number of carbonyl (C=O) groups is 4. The van der Waals surface area contributed by atoms with Gasteiger partial charge in [0.2, 0.25) is 5.91 Å². The summed E-state index contributed by atoms with van der Waals surface area (Å²) < 4.78 is 15.9. The van der Waals surface area contributed by atoms with Crippen molar-refractivity contribution in [3.05, 3.63) is 133 Å². The molecule has 354 valence electrons. The third-order valence-electron chi connectivity index (χ3n) is 14.0. The Morgan fingerprint density at radius 3 is 2.00 bits per heavy atom. The molecule has 6 atom stereocenters. The SMILES string of the molecule is C=C1CCN(C(=O)[C@@H](NC(=O)OC)C(C)C)[C@@H]1c1nc2c(ccc3cc(-c4ccc5c(ccc6[nH]c([C@@H]7C[C@H](COCC8C=CC8)CN7C(=O)[C@H](NC(=O)OC)c7ccccc7)nc65)c4)ccc32)[nH]1. The number of likely N-dealkylation sites (tertiary alicyclic amines) is 2. The Hall–Kier alpha value is -7.52. The molecular weight excluding hydrogens is 873 g/mol. The number of allylic oxidation sites excluding steroid dienone is 1. The van der Waals surface area contributed by atoms with Gasteiger partial charge in [-0.3, -0.25) is 9.59 Å². The standard InChI is InChI=1S/C54H56N8O7/c1-30(2)44(59-53(65)67-4)51(63)61-23-22-31(3)48(61)50-56-42-21-17-38-26-36(15-19-40(38)47(42)58-50)35-14-18-39-37(25-35)16-20-41-46(39)57-49(55-41)43-24-33(29-69-28-32-10-9-11-32)27-62(43)52(64)45(60-54(66)68-5)34-12-7-6-8-13-34/h6-10,12-21,25-26,30,32-33,43-45,48H,3,11,22-24,27-29H2,1-2,4-5H3,(H,55,57)(H,56,58)(H,59,65)(H,60,66)/t32?,33-,43-,44-,45+,48-/m0/s1. The molecule has 0 bridgehead atoms. The highest BCUT2D eigenvalue weighted by atomic mass is 16.5. The Morgan fingerprint density at radius 1 is 0.768 bits per heavy atom. The average Bonchev–Trinajstić information content (AvgIpc) is 4.17. The topological polar surface area (TPSA) is 184 Å². The summed E-state index contributed by atoms with van der Waals surface area (Å²) in [4.78, 5) is 74.2. The summed E-state index contributed by atoms with van der Waals surface area (Å²) in [7, 11) is 2.57. The lowest BCUT2D eigenvalue weighted by molar-refractivity contribution is -0.135. The van der Waals surface area contributed by atoms with Crippen LogP contribution in [0.1, 0.15) is 68.4 Å². The summed E-state index contributed by atoms with van der Waals surface area (Å²) in [6.07, 6.45) is 5.27. The molecule has 7 aromatic rings. The maximum atomic E-state index is 14.6. The minimum absolute atomic E-state index is 0.0624. The number of nitrogens with one attached hydrogen (secondary N) is 4. The van der Waals surface area contributed by atoms with Gasteiger partial charge in [-0.25, -0.2) is 19.6 Å². The lowest BCUT2D eigenvalue weighted by Gasteiger charge is -2.30. The van der Waals surface area contributed by atoms with Crippen LogP contribution < -0.4 is 10.6 Å². The predicted octanol–water partition coefficient (Wildman–Crippen LogP) is 9.20. The monoisotopic (exact) mass is 928 g/mol. The lowest BCUT2D eigenvalue weighted by atomic mass is 9.96. The van der Waals surface area contributed by atoms with Gasteiger partial charge >= 0.3 is 12.2 Å². The van der Waals surface area contributed by atoms with Gasteiger partial charge in [0.05, 0.1) is 55.5 Å². The smallest absolute Gasteiger partial charge is 0.407 e. The van der Waals surface area contributed by atoms with E-state index < -0.39 is 30.3 Å². The molecule has 10 rings (SSSR count). The molecule has 4 N–H and O–H groups in total. The Balaban J connectivity index is 0.925. The molecule has 2 aromatic heterocycles. The Kier molecular flexibility index (Phi) is 12.4. The van der Waals surface area contributed by atoms with Crippen molar-refractivity contribution in [3.8, 4) is 11.1 Å². The maximum absolute atomic E-state index is 14.6. The number of nitrogens with zero attached hydrogens (tertiary/aromatic N) is 4. The van der Waals surface area contributed by atoms with Crippen molar-refractivity contribution in [1.82, 2.24) is 40.4 Å². The third-order valence-corrected chi connectivity index (χ3v) is 14.0. The summed E-state index contributed by atoms with van der Waals surface area (Å²) in [5, 5.41) is 9.48. The van der Waals surface area contributed by atoms with E-state index in [0.717, 1.165) is 66.7 Å². The summed E-state index contributed by atoms with van der Waals surface area (Å²) >= 11 is 0. The van der Waals surface area contributed by atoms with Crippen LogP contribution in [-0.2, 0) is 23.8 Å². The van der Waals surface area contributed by atoms with Crippen molar-refractivity contribution in [3.63, 3.8) is 0 Å². The number of alkyl carbamates (subject to hydrolysis) is 2. The second-order valence-corrected chi connectivity index (χ2v) is 18.8. The van der Waals surface area contributed by atoms with E-state index >= 15 is 0 Å². The van der Waals surface area contributed by atoms with Gasteiger partial charge in [0.15, 0.2) is 0 Å². The highest BCUT2D eigenvalue weighted by molar-refractivity contribution is 6.07. The number of hydrogen-bond acceptors (Lipinski definition) is 9. The molecule has 2 saturated heterocycles. The first-order valence-electron chi connectivity index (χ1n) is 23.6. The molecule has 4 amide bonds. The van der Waals surface area contributed by atoms with Crippen LogP contribution in [0.2, 0.25) is 0 Å². The van der Waals surface area contributed by atoms with Gasteiger partial charge < -0.3 is 44.6 Å². The van der Waals surface area contributed by atoms with E-state index in [1.54, 1.807) is 4.90 Å².